The average Bonchev–Trinajstić information content (AvgIpc) is 3.85. The maximum Gasteiger partial charge on any atom is 0.162 e. The van der Waals surface area contributed by atoms with Crippen LogP contribution < -0.4 is 0 Å². The molecule has 10 aromatic rings. The normalized spacial score (nSPS) is 15.8. The molecule has 1 unspecified atom stereocenters. The van der Waals surface area contributed by atoms with E-state index >= 15 is 0 Å². The fourth-order valence-electron chi connectivity index (χ4n) is 9.93. The highest BCUT2D eigenvalue weighted by atomic mass is 15.1. The summed E-state index contributed by atoms with van der Waals surface area (Å²) >= 11 is 0. The molecule has 2 aliphatic carbocycles. The molecular weight excluding hydrogens is 707 g/mol. The van der Waals surface area contributed by atoms with Crippen LogP contribution in [0.3, 0.4) is 0 Å². The summed E-state index contributed by atoms with van der Waals surface area (Å²) in [6.07, 6.45) is 11.5. The highest BCUT2D eigenvalue weighted by Crippen LogP contribution is 2.52. The summed E-state index contributed by atoms with van der Waals surface area (Å²) in [4.78, 5) is 15.6. The van der Waals surface area contributed by atoms with Crippen LogP contribution >= 0.6 is 0 Å². The number of hydrogen-bond acceptors (Lipinski definition) is 3. The van der Waals surface area contributed by atoms with Crippen LogP contribution in [0, 0.1) is 5.92 Å². The number of aromatic nitrogens is 5. The van der Waals surface area contributed by atoms with Crippen molar-refractivity contribution in [2.24, 2.45) is 5.92 Å². The number of rotatable bonds is 4. The molecule has 58 heavy (non-hydrogen) atoms. The van der Waals surface area contributed by atoms with Crippen molar-refractivity contribution >= 4 is 60.1 Å². The van der Waals surface area contributed by atoms with Gasteiger partial charge in [0.1, 0.15) is 5.82 Å². The van der Waals surface area contributed by atoms with Crippen molar-refractivity contribution in [3.8, 4) is 39.6 Å². The third-order valence-corrected chi connectivity index (χ3v) is 12.7. The first-order valence-electron chi connectivity index (χ1n) is 20.2. The molecule has 4 heterocycles. The second-order valence-electron chi connectivity index (χ2n) is 16.6. The van der Waals surface area contributed by atoms with Gasteiger partial charge in [-0.05, 0) is 107 Å². The summed E-state index contributed by atoms with van der Waals surface area (Å²) in [5, 5.41) is 7.29. The Labute approximate surface area is 336 Å². The molecule has 0 fully saturated rings. The lowest BCUT2D eigenvalue weighted by atomic mass is 9.81. The standard InChI is InChI=1S/C53H39N5/c1-32-11-10-14-38(27-32)57-45-17-8-6-15-39(45)42-29-37(20-22-47(42)57)51-55-50-41-21-19-36(33-23-25-54-26-24-33)30-44(41)53(2,3)49(50)52(56-51)58-46-18-9-7-16-40(46)43-28-34-12-4-5-13-35(34)31-48(43)58/h4-26,28-32H,27H2,1-3H3. The van der Waals surface area contributed by atoms with Crippen molar-refractivity contribution in [1.82, 2.24) is 24.1 Å². The first-order chi connectivity index (χ1) is 28.4. The van der Waals surface area contributed by atoms with Gasteiger partial charge >= 0.3 is 0 Å². The summed E-state index contributed by atoms with van der Waals surface area (Å²) in [5.41, 5.74) is 13.4. The van der Waals surface area contributed by atoms with E-state index in [2.05, 4.69) is 187 Å². The summed E-state index contributed by atoms with van der Waals surface area (Å²) < 4.78 is 4.86. The van der Waals surface area contributed by atoms with Gasteiger partial charge in [0, 0.05) is 61.7 Å². The molecule has 12 rings (SSSR count). The fourth-order valence-corrected chi connectivity index (χ4v) is 9.93. The van der Waals surface area contributed by atoms with Gasteiger partial charge in [0.05, 0.1) is 27.8 Å². The smallest absolute Gasteiger partial charge is 0.162 e. The van der Waals surface area contributed by atoms with Crippen LogP contribution in [-0.2, 0) is 5.41 Å². The average molecular weight is 746 g/mol. The molecule has 2 aliphatic rings. The van der Waals surface area contributed by atoms with Crippen LogP contribution in [0.5, 0.6) is 0 Å². The minimum Gasteiger partial charge on any atom is -0.313 e. The minimum atomic E-state index is -0.396. The van der Waals surface area contributed by atoms with Crippen molar-refractivity contribution in [3.63, 3.8) is 0 Å². The van der Waals surface area contributed by atoms with E-state index in [4.69, 9.17) is 9.97 Å². The second kappa shape index (κ2) is 12.2. The van der Waals surface area contributed by atoms with Crippen LogP contribution in [0.15, 0.2) is 164 Å². The molecule has 0 amide bonds. The lowest BCUT2D eigenvalue weighted by molar-refractivity contribution is 0.651. The Morgan fingerprint density at radius 2 is 1.26 bits per heavy atom. The zero-order valence-electron chi connectivity index (χ0n) is 32.6. The van der Waals surface area contributed by atoms with Gasteiger partial charge < -0.3 is 4.57 Å². The molecule has 0 saturated carbocycles. The Kier molecular flexibility index (Phi) is 6.95. The van der Waals surface area contributed by atoms with E-state index in [1.807, 2.05) is 12.4 Å². The van der Waals surface area contributed by atoms with Gasteiger partial charge in [0.25, 0.3) is 0 Å². The Bertz CT molecular complexity index is 3410. The lowest BCUT2D eigenvalue weighted by Crippen LogP contribution is -2.20. The zero-order valence-corrected chi connectivity index (χ0v) is 32.6. The second-order valence-corrected chi connectivity index (χ2v) is 16.6. The van der Waals surface area contributed by atoms with E-state index in [-0.39, 0.29) is 0 Å². The van der Waals surface area contributed by atoms with Crippen molar-refractivity contribution in [1.29, 1.82) is 0 Å². The summed E-state index contributed by atoms with van der Waals surface area (Å²) in [5.74, 6) is 2.12. The van der Waals surface area contributed by atoms with Crippen molar-refractivity contribution in [3.05, 3.63) is 175 Å². The Morgan fingerprint density at radius 3 is 2.03 bits per heavy atom. The topological polar surface area (TPSA) is 48.5 Å². The molecular formula is C53H39N5. The highest BCUT2D eigenvalue weighted by Gasteiger charge is 2.41. The van der Waals surface area contributed by atoms with Gasteiger partial charge in [-0.3, -0.25) is 9.55 Å². The predicted molar refractivity (Wildman–Crippen MR) is 240 cm³/mol. The van der Waals surface area contributed by atoms with Gasteiger partial charge in [-0.25, -0.2) is 9.97 Å². The molecule has 4 aromatic heterocycles. The molecule has 5 heteroatoms. The van der Waals surface area contributed by atoms with Gasteiger partial charge in [-0.1, -0.05) is 106 Å². The number of allylic oxidation sites excluding steroid dienone is 4. The number of para-hydroxylation sites is 2. The van der Waals surface area contributed by atoms with E-state index in [0.29, 0.717) is 5.92 Å². The van der Waals surface area contributed by atoms with Crippen LogP contribution in [0.4, 0.5) is 0 Å². The first-order valence-corrected chi connectivity index (χ1v) is 20.2. The Balaban J connectivity index is 1.16. The van der Waals surface area contributed by atoms with Crippen LogP contribution in [0.25, 0.3) is 99.7 Å². The number of benzene rings is 6. The van der Waals surface area contributed by atoms with Gasteiger partial charge in [-0.15, -0.1) is 0 Å². The van der Waals surface area contributed by atoms with Crippen LogP contribution in [0.2, 0.25) is 0 Å². The zero-order chi connectivity index (χ0) is 38.7. The number of pyridine rings is 1. The molecule has 0 N–H and O–H groups in total. The molecule has 1 atom stereocenters. The molecule has 5 nitrogen and oxygen atoms in total. The van der Waals surface area contributed by atoms with Gasteiger partial charge in [0.15, 0.2) is 5.82 Å². The molecule has 6 aromatic carbocycles. The molecule has 0 aliphatic heterocycles. The Morgan fingerprint density at radius 1 is 0.586 bits per heavy atom. The molecule has 276 valence electrons. The predicted octanol–water partition coefficient (Wildman–Crippen LogP) is 13.3. The van der Waals surface area contributed by atoms with E-state index in [0.717, 1.165) is 57.0 Å². The quantitative estimate of drug-likeness (QED) is 0.180. The van der Waals surface area contributed by atoms with Crippen molar-refractivity contribution in [2.45, 2.75) is 32.6 Å². The van der Waals surface area contributed by atoms with E-state index in [1.165, 1.54) is 60.2 Å². The van der Waals surface area contributed by atoms with Crippen LogP contribution in [0.1, 0.15) is 38.3 Å². The lowest BCUT2D eigenvalue weighted by Gasteiger charge is -2.25. The van der Waals surface area contributed by atoms with Crippen LogP contribution in [-0.4, -0.2) is 24.1 Å². The maximum absolute atomic E-state index is 5.71. The van der Waals surface area contributed by atoms with Gasteiger partial charge in [-0.2, -0.15) is 0 Å². The van der Waals surface area contributed by atoms with E-state index < -0.39 is 5.41 Å². The maximum atomic E-state index is 5.71. The van der Waals surface area contributed by atoms with E-state index in [9.17, 15) is 0 Å². The number of fused-ring (bicyclic) bond motifs is 10. The Hall–Kier alpha value is -7.11. The fraction of sp³-hybridized carbons (Fsp3) is 0.113. The summed E-state index contributed by atoms with van der Waals surface area (Å²) in [6.45, 7) is 6.96. The third kappa shape index (κ3) is 4.73. The molecule has 0 saturated heterocycles. The summed E-state index contributed by atoms with van der Waals surface area (Å²) in [6, 6.07) is 48.7. The van der Waals surface area contributed by atoms with Crippen molar-refractivity contribution in [2.75, 3.05) is 0 Å². The minimum absolute atomic E-state index is 0.396. The van der Waals surface area contributed by atoms with Crippen molar-refractivity contribution < 1.29 is 0 Å². The largest absolute Gasteiger partial charge is 0.313 e. The third-order valence-electron chi connectivity index (χ3n) is 12.7. The van der Waals surface area contributed by atoms with E-state index in [1.54, 1.807) is 0 Å². The molecule has 0 spiro atoms. The monoisotopic (exact) mass is 745 g/mol. The molecule has 0 radical (unpaired) electrons. The number of hydrogen-bond donors (Lipinski definition) is 0. The van der Waals surface area contributed by atoms with Gasteiger partial charge in [0.2, 0.25) is 0 Å². The molecule has 0 bridgehead atoms. The first kappa shape index (κ1) is 33.1. The summed E-state index contributed by atoms with van der Waals surface area (Å²) in [7, 11) is 0. The SMILES string of the molecule is CC1C=CC=C(n2c3ccccc3c3cc(-c4nc5c(c(-n6c7ccccc7c7cc8ccccc8cc76)n4)C(C)(C)c4cc(-c6ccncc6)ccc4-5)ccc32)C1. The number of nitrogens with zero attached hydrogens (tertiary/aromatic N) is 5. The highest BCUT2D eigenvalue weighted by molar-refractivity contribution is 6.14.